The number of hydrogen-bond donors (Lipinski definition) is 3. The minimum atomic E-state index is 0.319. The first-order valence-corrected chi connectivity index (χ1v) is 5.56. The maximum absolute atomic E-state index is 5.38. The molecule has 0 spiro atoms. The molecule has 0 unspecified atom stereocenters. The number of hydrogen-bond acceptors (Lipinski definition) is 5. The molecule has 0 amide bonds. The number of aromatic nitrogens is 3. The Labute approximate surface area is 92.9 Å². The lowest BCUT2D eigenvalue weighted by Crippen LogP contribution is -1.99. The second-order valence-corrected chi connectivity index (χ2v) is 4.54. The number of halogens is 1. The van der Waals surface area contributed by atoms with E-state index in [1.54, 1.807) is 11.3 Å². The molecule has 5 nitrogen and oxygen atoms in total. The molecule has 14 heavy (non-hydrogen) atoms. The second kappa shape index (κ2) is 3.97. The van der Waals surface area contributed by atoms with Crippen molar-refractivity contribution in [2.45, 2.75) is 6.54 Å². The summed E-state index contributed by atoms with van der Waals surface area (Å²) in [4.78, 5) is 5.13. The van der Waals surface area contributed by atoms with Gasteiger partial charge in [-0.25, -0.2) is 5.10 Å². The van der Waals surface area contributed by atoms with Gasteiger partial charge in [-0.15, -0.1) is 16.4 Å². The molecule has 2 aromatic rings. The van der Waals surface area contributed by atoms with Crippen LogP contribution in [-0.4, -0.2) is 15.2 Å². The van der Waals surface area contributed by atoms with Gasteiger partial charge in [-0.05, 0) is 22.0 Å². The minimum absolute atomic E-state index is 0.319. The predicted molar refractivity (Wildman–Crippen MR) is 60.1 cm³/mol. The molecule has 0 atom stereocenters. The van der Waals surface area contributed by atoms with Gasteiger partial charge in [0.05, 0.1) is 6.54 Å². The molecular formula is C7H8BrN5S. The number of nitrogens with zero attached hydrogens (tertiary/aromatic N) is 2. The summed E-state index contributed by atoms with van der Waals surface area (Å²) in [5, 5.41) is 11.5. The molecule has 0 aliphatic heterocycles. The second-order valence-electron chi connectivity index (χ2n) is 2.63. The van der Waals surface area contributed by atoms with Gasteiger partial charge in [0.25, 0.3) is 0 Å². The standard InChI is InChI=1S/C7H8BrN5S/c8-4-1-5(14-3-4)2-10-7-11-6(9)12-13-7/h1,3H,2H2,(H4,9,10,11,12,13). The van der Waals surface area contributed by atoms with Crippen LogP contribution in [0.2, 0.25) is 0 Å². The summed E-state index contributed by atoms with van der Waals surface area (Å²) in [6, 6.07) is 2.05. The lowest BCUT2D eigenvalue weighted by molar-refractivity contribution is 1.06. The molecule has 0 aromatic carbocycles. The molecule has 0 radical (unpaired) electrons. The first kappa shape index (κ1) is 9.47. The molecule has 4 N–H and O–H groups in total. The molecule has 0 saturated heterocycles. The van der Waals surface area contributed by atoms with Crippen LogP contribution in [0.1, 0.15) is 4.88 Å². The fourth-order valence-corrected chi connectivity index (χ4v) is 2.36. The Balaban J connectivity index is 1.94. The summed E-state index contributed by atoms with van der Waals surface area (Å²) in [5.41, 5.74) is 5.38. The van der Waals surface area contributed by atoms with Crippen molar-refractivity contribution in [3.05, 3.63) is 20.8 Å². The highest BCUT2D eigenvalue weighted by Gasteiger charge is 2.00. The van der Waals surface area contributed by atoms with Gasteiger partial charge in [-0.2, -0.15) is 4.98 Å². The zero-order valence-corrected chi connectivity index (χ0v) is 9.52. The van der Waals surface area contributed by atoms with Crippen LogP contribution in [-0.2, 0) is 6.54 Å². The number of H-pyrrole nitrogens is 1. The molecule has 0 bridgehead atoms. The van der Waals surface area contributed by atoms with E-state index in [9.17, 15) is 0 Å². The maximum atomic E-state index is 5.38. The summed E-state index contributed by atoms with van der Waals surface area (Å²) in [5.74, 6) is 0.840. The van der Waals surface area contributed by atoms with Crippen LogP contribution in [0.5, 0.6) is 0 Å². The number of thiophene rings is 1. The van der Waals surface area contributed by atoms with Gasteiger partial charge in [0.15, 0.2) is 0 Å². The van der Waals surface area contributed by atoms with Gasteiger partial charge < -0.3 is 11.1 Å². The maximum Gasteiger partial charge on any atom is 0.243 e. The summed E-state index contributed by atoms with van der Waals surface area (Å²) in [6.45, 7) is 0.702. The summed E-state index contributed by atoms with van der Waals surface area (Å²) in [7, 11) is 0. The van der Waals surface area contributed by atoms with E-state index >= 15 is 0 Å². The molecule has 2 heterocycles. The van der Waals surface area contributed by atoms with E-state index in [0.717, 1.165) is 4.47 Å². The monoisotopic (exact) mass is 273 g/mol. The molecule has 2 rings (SSSR count). The lowest BCUT2D eigenvalue weighted by Gasteiger charge is -1.96. The number of anilines is 2. The van der Waals surface area contributed by atoms with E-state index in [4.69, 9.17) is 5.73 Å². The predicted octanol–water partition coefficient (Wildman–Crippen LogP) is 1.82. The number of nitrogens with one attached hydrogen (secondary N) is 2. The molecule has 0 saturated carbocycles. The van der Waals surface area contributed by atoms with Gasteiger partial charge >= 0.3 is 0 Å². The Morgan fingerprint density at radius 3 is 3.07 bits per heavy atom. The molecule has 0 aliphatic rings. The van der Waals surface area contributed by atoms with E-state index in [1.807, 2.05) is 11.4 Å². The summed E-state index contributed by atoms with van der Waals surface area (Å²) >= 11 is 5.06. The van der Waals surface area contributed by atoms with Crippen molar-refractivity contribution in [2.75, 3.05) is 11.1 Å². The first-order chi connectivity index (χ1) is 6.74. The van der Waals surface area contributed by atoms with E-state index in [-0.39, 0.29) is 0 Å². The fraction of sp³-hybridized carbons (Fsp3) is 0.143. The minimum Gasteiger partial charge on any atom is -0.368 e. The van der Waals surface area contributed by atoms with E-state index in [1.165, 1.54) is 4.88 Å². The zero-order chi connectivity index (χ0) is 9.97. The van der Waals surface area contributed by atoms with Crippen LogP contribution in [0.3, 0.4) is 0 Å². The van der Waals surface area contributed by atoms with E-state index in [0.29, 0.717) is 18.4 Å². The van der Waals surface area contributed by atoms with Crippen LogP contribution in [0.15, 0.2) is 15.9 Å². The zero-order valence-electron chi connectivity index (χ0n) is 7.12. The van der Waals surface area contributed by atoms with Crippen molar-refractivity contribution >= 4 is 39.2 Å². The molecule has 74 valence electrons. The average Bonchev–Trinajstić information content (AvgIpc) is 2.72. The number of rotatable bonds is 3. The highest BCUT2D eigenvalue weighted by molar-refractivity contribution is 9.10. The van der Waals surface area contributed by atoms with E-state index < -0.39 is 0 Å². The summed E-state index contributed by atoms with van der Waals surface area (Å²) < 4.78 is 1.09. The number of aromatic amines is 1. The topological polar surface area (TPSA) is 79.6 Å². The van der Waals surface area contributed by atoms with Crippen molar-refractivity contribution in [1.82, 2.24) is 15.2 Å². The summed E-state index contributed by atoms with van der Waals surface area (Å²) in [6.07, 6.45) is 0. The third-order valence-corrected chi connectivity index (χ3v) is 3.24. The van der Waals surface area contributed by atoms with Crippen molar-refractivity contribution in [1.29, 1.82) is 0 Å². The Hall–Kier alpha value is -1.08. The molecule has 2 aromatic heterocycles. The lowest BCUT2D eigenvalue weighted by atomic mass is 10.5. The molecule has 7 heteroatoms. The Bertz CT molecular complexity index is 383. The quantitative estimate of drug-likeness (QED) is 0.797. The third-order valence-electron chi connectivity index (χ3n) is 1.55. The van der Waals surface area contributed by atoms with Gasteiger partial charge in [0.1, 0.15) is 0 Å². The molecular weight excluding hydrogens is 266 g/mol. The molecule has 0 fully saturated rings. The van der Waals surface area contributed by atoms with Crippen molar-refractivity contribution in [3.8, 4) is 0 Å². The number of nitrogen functional groups attached to an aromatic ring is 1. The number of nitrogens with two attached hydrogens (primary N) is 1. The van der Waals surface area contributed by atoms with Crippen LogP contribution in [0, 0.1) is 0 Å². The highest BCUT2D eigenvalue weighted by Crippen LogP contribution is 2.20. The van der Waals surface area contributed by atoms with Crippen LogP contribution in [0.25, 0.3) is 0 Å². The van der Waals surface area contributed by atoms with Gasteiger partial charge in [0.2, 0.25) is 11.9 Å². The first-order valence-electron chi connectivity index (χ1n) is 3.89. The van der Waals surface area contributed by atoms with Crippen LogP contribution < -0.4 is 11.1 Å². The smallest absolute Gasteiger partial charge is 0.243 e. The van der Waals surface area contributed by atoms with Gasteiger partial charge in [-0.1, -0.05) is 0 Å². The normalized spacial score (nSPS) is 10.4. The average molecular weight is 274 g/mol. The SMILES string of the molecule is Nc1nc(NCc2cc(Br)cs2)n[nH]1. The highest BCUT2D eigenvalue weighted by atomic mass is 79.9. The van der Waals surface area contributed by atoms with Crippen LogP contribution >= 0.6 is 27.3 Å². The van der Waals surface area contributed by atoms with Crippen LogP contribution in [0.4, 0.5) is 11.9 Å². The van der Waals surface area contributed by atoms with Crippen molar-refractivity contribution in [3.63, 3.8) is 0 Å². The Morgan fingerprint density at radius 2 is 2.50 bits per heavy atom. The Morgan fingerprint density at radius 1 is 1.64 bits per heavy atom. The van der Waals surface area contributed by atoms with Crippen molar-refractivity contribution in [2.24, 2.45) is 0 Å². The van der Waals surface area contributed by atoms with Crippen molar-refractivity contribution < 1.29 is 0 Å². The van der Waals surface area contributed by atoms with E-state index in [2.05, 4.69) is 36.4 Å². The molecule has 0 aliphatic carbocycles. The fourth-order valence-electron chi connectivity index (χ4n) is 0.966. The van der Waals surface area contributed by atoms with Gasteiger partial charge in [-0.3, -0.25) is 0 Å². The largest absolute Gasteiger partial charge is 0.368 e. The third kappa shape index (κ3) is 2.24. The Kier molecular flexibility index (Phi) is 2.69. The van der Waals surface area contributed by atoms with Gasteiger partial charge in [0, 0.05) is 14.7 Å².